The number of nitrogen functional groups attached to an aromatic ring is 1. The van der Waals surface area contributed by atoms with Crippen LogP contribution >= 0.6 is 15.9 Å². The van der Waals surface area contributed by atoms with E-state index in [9.17, 15) is 4.79 Å². The van der Waals surface area contributed by atoms with Gasteiger partial charge in [-0.05, 0) is 22.0 Å². The maximum atomic E-state index is 11.9. The van der Waals surface area contributed by atoms with Crippen LogP contribution in [0.1, 0.15) is 10.4 Å². The Labute approximate surface area is 106 Å². The summed E-state index contributed by atoms with van der Waals surface area (Å²) >= 11 is 3.24. The van der Waals surface area contributed by atoms with Gasteiger partial charge in [0.1, 0.15) is 11.6 Å². The van der Waals surface area contributed by atoms with Gasteiger partial charge < -0.3 is 11.1 Å². The van der Waals surface area contributed by atoms with Crippen LogP contribution in [-0.4, -0.2) is 20.7 Å². The van der Waals surface area contributed by atoms with E-state index < -0.39 is 0 Å². The largest absolute Gasteiger partial charge is 0.383 e. The Morgan fingerprint density at radius 3 is 3.00 bits per heavy atom. The number of nitrogens with two attached hydrogens (primary N) is 1. The number of carbonyl (C=O) groups is 1. The van der Waals surface area contributed by atoms with Gasteiger partial charge >= 0.3 is 0 Å². The van der Waals surface area contributed by atoms with E-state index in [0.29, 0.717) is 15.9 Å². The molecule has 0 aliphatic carbocycles. The molecule has 3 N–H and O–H groups in total. The summed E-state index contributed by atoms with van der Waals surface area (Å²) in [5.74, 6) is 0.460. The van der Waals surface area contributed by atoms with Crippen LogP contribution in [0.25, 0.3) is 0 Å². The van der Waals surface area contributed by atoms with E-state index in [4.69, 9.17) is 5.73 Å². The van der Waals surface area contributed by atoms with E-state index in [-0.39, 0.29) is 11.7 Å². The van der Waals surface area contributed by atoms with Crippen molar-refractivity contribution < 1.29 is 4.79 Å². The molecule has 0 radical (unpaired) electrons. The Kier molecular flexibility index (Phi) is 3.10. The second-order valence-corrected chi connectivity index (χ2v) is 4.30. The van der Waals surface area contributed by atoms with Crippen LogP contribution in [0.5, 0.6) is 0 Å². The molecule has 0 fully saturated rings. The van der Waals surface area contributed by atoms with Gasteiger partial charge in [0.2, 0.25) is 0 Å². The lowest BCUT2D eigenvalue weighted by Gasteiger charge is -2.07. The molecule has 88 valence electrons. The highest BCUT2D eigenvalue weighted by molar-refractivity contribution is 9.10. The lowest BCUT2D eigenvalue weighted by atomic mass is 10.2. The van der Waals surface area contributed by atoms with Gasteiger partial charge in [-0.2, -0.15) is 5.10 Å². The van der Waals surface area contributed by atoms with Crippen LogP contribution in [0, 0.1) is 0 Å². The van der Waals surface area contributed by atoms with Crippen LogP contribution in [0.3, 0.4) is 0 Å². The minimum absolute atomic E-state index is 0.188. The molecule has 0 bridgehead atoms. The predicted molar refractivity (Wildman–Crippen MR) is 67.5 cm³/mol. The summed E-state index contributed by atoms with van der Waals surface area (Å²) in [5.41, 5.74) is 5.96. The van der Waals surface area contributed by atoms with E-state index >= 15 is 0 Å². The Morgan fingerprint density at radius 1 is 1.59 bits per heavy atom. The maximum Gasteiger partial charge on any atom is 0.260 e. The molecule has 0 atom stereocenters. The summed E-state index contributed by atoms with van der Waals surface area (Å²) in [4.78, 5) is 15.8. The normalized spacial score (nSPS) is 10.2. The molecule has 6 nitrogen and oxygen atoms in total. The van der Waals surface area contributed by atoms with Crippen molar-refractivity contribution in [2.75, 3.05) is 11.1 Å². The average Bonchev–Trinajstić information content (AvgIpc) is 2.68. The maximum absolute atomic E-state index is 11.9. The molecular weight excluding hydrogens is 286 g/mol. The van der Waals surface area contributed by atoms with Crippen molar-refractivity contribution in [3.05, 3.63) is 34.6 Å². The van der Waals surface area contributed by atoms with Crippen molar-refractivity contribution in [2.24, 2.45) is 7.05 Å². The van der Waals surface area contributed by atoms with E-state index in [0.717, 1.165) is 0 Å². The quantitative estimate of drug-likeness (QED) is 0.877. The molecule has 0 aliphatic heterocycles. The minimum atomic E-state index is -0.320. The second-order valence-electron chi connectivity index (χ2n) is 3.38. The Hall–Kier alpha value is -1.89. The summed E-state index contributed by atoms with van der Waals surface area (Å²) in [5, 5.41) is 6.64. The topological polar surface area (TPSA) is 85.8 Å². The zero-order chi connectivity index (χ0) is 12.4. The third-order valence-electron chi connectivity index (χ3n) is 2.19. The van der Waals surface area contributed by atoms with Crippen LogP contribution in [0.15, 0.2) is 29.0 Å². The summed E-state index contributed by atoms with van der Waals surface area (Å²) in [7, 11) is 1.73. The van der Waals surface area contributed by atoms with Crippen LogP contribution in [0.4, 0.5) is 11.6 Å². The van der Waals surface area contributed by atoms with Crippen molar-refractivity contribution in [1.82, 2.24) is 14.8 Å². The van der Waals surface area contributed by atoms with E-state index in [1.54, 1.807) is 30.1 Å². The summed E-state index contributed by atoms with van der Waals surface area (Å²) < 4.78 is 2.25. The molecule has 0 unspecified atom stereocenters. The standard InChI is InChI=1S/C10H10BrN5O/c1-16-8(2-3-14-16)15-10(17)7-4-6(11)5-13-9(7)12/h2-5H,1H3,(H2,12,13)(H,15,17). The van der Waals surface area contributed by atoms with Crippen molar-refractivity contribution in [3.8, 4) is 0 Å². The highest BCUT2D eigenvalue weighted by Gasteiger charge is 2.12. The second kappa shape index (κ2) is 4.54. The number of rotatable bonds is 2. The van der Waals surface area contributed by atoms with E-state index in [1.807, 2.05) is 0 Å². The highest BCUT2D eigenvalue weighted by Crippen LogP contribution is 2.17. The highest BCUT2D eigenvalue weighted by atomic mass is 79.9. The number of carbonyl (C=O) groups excluding carboxylic acids is 1. The van der Waals surface area contributed by atoms with Gasteiger partial charge in [-0.1, -0.05) is 0 Å². The minimum Gasteiger partial charge on any atom is -0.383 e. The number of hydrogen-bond donors (Lipinski definition) is 2. The fourth-order valence-corrected chi connectivity index (χ4v) is 1.64. The first kappa shape index (κ1) is 11.6. The monoisotopic (exact) mass is 295 g/mol. The molecule has 2 heterocycles. The van der Waals surface area contributed by atoms with Crippen molar-refractivity contribution >= 4 is 33.5 Å². The number of nitrogens with zero attached hydrogens (tertiary/aromatic N) is 3. The first-order valence-corrected chi connectivity index (χ1v) is 5.57. The van der Waals surface area contributed by atoms with Crippen molar-refractivity contribution in [1.29, 1.82) is 0 Å². The lowest BCUT2D eigenvalue weighted by Crippen LogP contribution is -2.16. The summed E-state index contributed by atoms with van der Waals surface area (Å²) in [6.07, 6.45) is 3.13. The number of anilines is 2. The van der Waals surface area contributed by atoms with Gasteiger partial charge in [0, 0.05) is 23.8 Å². The van der Waals surface area contributed by atoms with Gasteiger partial charge in [-0.3, -0.25) is 9.48 Å². The summed E-state index contributed by atoms with van der Waals surface area (Å²) in [6, 6.07) is 3.31. The number of hydrogen-bond acceptors (Lipinski definition) is 4. The van der Waals surface area contributed by atoms with Gasteiger partial charge in [-0.25, -0.2) is 4.98 Å². The van der Waals surface area contributed by atoms with Crippen LogP contribution < -0.4 is 11.1 Å². The fourth-order valence-electron chi connectivity index (χ4n) is 1.31. The Balaban J connectivity index is 2.26. The number of pyridine rings is 1. The Bertz CT molecular complexity index is 566. The number of nitrogens with one attached hydrogen (secondary N) is 1. The van der Waals surface area contributed by atoms with Gasteiger partial charge in [-0.15, -0.1) is 0 Å². The number of aryl methyl sites for hydroxylation is 1. The molecule has 17 heavy (non-hydrogen) atoms. The molecule has 2 aromatic heterocycles. The molecule has 0 aliphatic rings. The molecular formula is C10H10BrN5O. The number of aromatic nitrogens is 3. The van der Waals surface area contributed by atoms with Gasteiger partial charge in [0.15, 0.2) is 0 Å². The van der Waals surface area contributed by atoms with Crippen LogP contribution in [-0.2, 0) is 7.05 Å². The van der Waals surface area contributed by atoms with Gasteiger partial charge in [0.25, 0.3) is 5.91 Å². The molecule has 2 rings (SSSR count). The fraction of sp³-hybridized carbons (Fsp3) is 0.100. The predicted octanol–water partition coefficient (Wildman–Crippen LogP) is 1.41. The SMILES string of the molecule is Cn1nccc1NC(=O)c1cc(Br)cnc1N. The summed E-state index contributed by atoms with van der Waals surface area (Å²) in [6.45, 7) is 0. The third kappa shape index (κ3) is 2.44. The molecule has 0 saturated carbocycles. The first-order chi connectivity index (χ1) is 8.08. The number of amides is 1. The molecule has 1 amide bonds. The zero-order valence-corrected chi connectivity index (χ0v) is 10.6. The Morgan fingerprint density at radius 2 is 2.35 bits per heavy atom. The smallest absolute Gasteiger partial charge is 0.260 e. The van der Waals surface area contributed by atoms with E-state index in [1.165, 1.54) is 6.20 Å². The lowest BCUT2D eigenvalue weighted by molar-refractivity contribution is 0.102. The molecule has 2 aromatic rings. The van der Waals surface area contributed by atoms with Crippen molar-refractivity contribution in [3.63, 3.8) is 0 Å². The molecule has 0 aromatic carbocycles. The molecule has 7 heteroatoms. The molecule has 0 saturated heterocycles. The zero-order valence-electron chi connectivity index (χ0n) is 9.01. The number of halogens is 1. The van der Waals surface area contributed by atoms with Crippen molar-refractivity contribution in [2.45, 2.75) is 0 Å². The average molecular weight is 296 g/mol. The van der Waals surface area contributed by atoms with E-state index in [2.05, 4.69) is 31.3 Å². The third-order valence-corrected chi connectivity index (χ3v) is 2.63. The first-order valence-electron chi connectivity index (χ1n) is 4.78. The van der Waals surface area contributed by atoms with Gasteiger partial charge in [0.05, 0.1) is 11.8 Å². The van der Waals surface area contributed by atoms with Crippen LogP contribution in [0.2, 0.25) is 0 Å². The molecule has 0 spiro atoms.